The third-order valence-corrected chi connectivity index (χ3v) is 9.06. The van der Waals surface area contributed by atoms with E-state index in [4.69, 9.17) is 5.73 Å². The van der Waals surface area contributed by atoms with Crippen LogP contribution in [0.2, 0.25) is 0 Å². The summed E-state index contributed by atoms with van der Waals surface area (Å²) in [5, 5.41) is 8.61. The second-order valence-corrected chi connectivity index (χ2v) is 15.8. The molecule has 2 fully saturated rings. The third-order valence-electron chi connectivity index (χ3n) is 8.29. The zero-order chi connectivity index (χ0) is 36.0. The molecule has 2 aliphatic rings. The van der Waals surface area contributed by atoms with E-state index in [0.29, 0.717) is 32.4 Å². The van der Waals surface area contributed by atoms with Gasteiger partial charge < -0.3 is 26.6 Å². The first-order chi connectivity index (χ1) is 21.2. The molecule has 0 aromatic carbocycles. The Labute approximate surface area is 283 Å². The van der Waals surface area contributed by atoms with E-state index >= 15 is 0 Å². The fourth-order valence-corrected chi connectivity index (χ4v) is 4.97. The van der Waals surface area contributed by atoms with Crippen LogP contribution in [0.25, 0.3) is 0 Å². The molecular formula is C34H66N6O5S. The number of likely N-dealkylation sites (N-methyl/N-ethyl adjacent to an activating group) is 1. The lowest BCUT2D eigenvalue weighted by Gasteiger charge is -2.37. The quantitative estimate of drug-likeness (QED) is 0.163. The SMILES string of the molecule is CC.CCC(C)C.CSN(C)CC(NC(=O)NC(C(=O)N1CCCC1C(=O)NC(CC1CC1)C(=O)C(N)=O)C(C)(C)C)C(C)(C)C. The number of nitrogens with zero attached hydrogens (tertiary/aromatic N) is 2. The third kappa shape index (κ3) is 15.5. The van der Waals surface area contributed by atoms with Crippen LogP contribution >= 0.6 is 11.9 Å². The van der Waals surface area contributed by atoms with Gasteiger partial charge in [-0.25, -0.2) is 4.79 Å². The Balaban J connectivity index is 0.00000263. The van der Waals surface area contributed by atoms with Gasteiger partial charge in [0.2, 0.25) is 17.6 Å². The average molecular weight is 671 g/mol. The molecule has 0 spiro atoms. The van der Waals surface area contributed by atoms with E-state index in [1.54, 1.807) is 11.9 Å². The molecule has 1 saturated carbocycles. The van der Waals surface area contributed by atoms with Crippen molar-refractivity contribution in [3.63, 3.8) is 0 Å². The van der Waals surface area contributed by atoms with Crippen molar-refractivity contribution in [2.75, 3.05) is 26.4 Å². The summed E-state index contributed by atoms with van der Waals surface area (Å²) in [5.74, 6) is -1.58. The average Bonchev–Trinajstić information content (AvgIpc) is 3.65. The number of urea groups is 1. The summed E-state index contributed by atoms with van der Waals surface area (Å²) < 4.78 is 2.04. The molecule has 1 saturated heterocycles. The first-order valence-electron chi connectivity index (χ1n) is 17.0. The Hall–Kier alpha value is -2.34. The summed E-state index contributed by atoms with van der Waals surface area (Å²) in [7, 11) is 1.95. The maximum Gasteiger partial charge on any atom is 0.315 e. The molecule has 46 heavy (non-hydrogen) atoms. The summed E-state index contributed by atoms with van der Waals surface area (Å²) in [6.07, 6.45) is 6.55. The van der Waals surface area contributed by atoms with Crippen LogP contribution in [0.5, 0.6) is 0 Å². The minimum absolute atomic E-state index is 0.179. The minimum Gasteiger partial charge on any atom is -0.363 e. The van der Waals surface area contributed by atoms with E-state index < -0.39 is 47.2 Å². The van der Waals surface area contributed by atoms with Crippen LogP contribution in [0.3, 0.4) is 0 Å². The second kappa shape index (κ2) is 20.1. The van der Waals surface area contributed by atoms with Crippen molar-refractivity contribution >= 4 is 41.5 Å². The Morgan fingerprint density at radius 3 is 1.89 bits per heavy atom. The summed E-state index contributed by atoms with van der Waals surface area (Å²) in [6.45, 7) is 23.3. The van der Waals surface area contributed by atoms with Gasteiger partial charge in [0, 0.05) is 19.1 Å². The van der Waals surface area contributed by atoms with Crippen molar-refractivity contribution in [1.82, 2.24) is 25.2 Å². The van der Waals surface area contributed by atoms with Crippen molar-refractivity contribution in [2.45, 2.75) is 139 Å². The van der Waals surface area contributed by atoms with Gasteiger partial charge >= 0.3 is 6.03 Å². The van der Waals surface area contributed by atoms with E-state index in [1.165, 1.54) is 11.3 Å². The van der Waals surface area contributed by atoms with Gasteiger partial charge in [-0.1, -0.05) is 107 Å². The van der Waals surface area contributed by atoms with Gasteiger partial charge in [0.25, 0.3) is 5.91 Å². The summed E-state index contributed by atoms with van der Waals surface area (Å²) in [6, 6.07) is -3.31. The molecule has 4 unspecified atom stereocenters. The fourth-order valence-electron chi connectivity index (χ4n) is 4.67. The number of ketones is 1. The highest BCUT2D eigenvalue weighted by molar-refractivity contribution is 7.96. The zero-order valence-electron chi connectivity index (χ0n) is 31.0. The Bertz CT molecular complexity index is 989. The van der Waals surface area contributed by atoms with Gasteiger partial charge in [-0.3, -0.25) is 23.5 Å². The predicted octanol–water partition coefficient (Wildman–Crippen LogP) is 4.73. The fraction of sp³-hybridized carbons (Fsp3) is 0.853. The highest BCUT2D eigenvalue weighted by atomic mass is 32.2. The zero-order valence-corrected chi connectivity index (χ0v) is 31.9. The monoisotopic (exact) mass is 670 g/mol. The molecule has 1 aliphatic heterocycles. The van der Waals surface area contributed by atoms with Crippen molar-refractivity contribution in [3.8, 4) is 0 Å². The number of nitrogens with one attached hydrogen (secondary N) is 3. The van der Waals surface area contributed by atoms with Gasteiger partial charge in [0.15, 0.2) is 0 Å². The molecule has 2 rings (SSSR count). The maximum atomic E-state index is 13.8. The Morgan fingerprint density at radius 2 is 1.48 bits per heavy atom. The van der Waals surface area contributed by atoms with Crippen LogP contribution in [-0.4, -0.2) is 89.3 Å². The molecule has 1 aliphatic carbocycles. The molecule has 0 aromatic heterocycles. The van der Waals surface area contributed by atoms with Gasteiger partial charge in [-0.2, -0.15) is 0 Å². The highest BCUT2D eigenvalue weighted by Gasteiger charge is 2.43. The number of carbonyl (C=O) groups excluding carboxylic acids is 5. The number of rotatable bonds is 13. The van der Waals surface area contributed by atoms with E-state index in [0.717, 1.165) is 18.8 Å². The van der Waals surface area contributed by atoms with Crippen LogP contribution in [-0.2, 0) is 19.2 Å². The maximum absolute atomic E-state index is 13.8. The van der Waals surface area contributed by atoms with E-state index in [2.05, 4.69) is 36.7 Å². The molecule has 0 radical (unpaired) electrons. The van der Waals surface area contributed by atoms with Crippen molar-refractivity contribution < 1.29 is 24.0 Å². The number of Topliss-reactive ketones (excluding diaryl/α,β-unsaturated/α-hetero) is 1. The van der Waals surface area contributed by atoms with E-state index in [-0.39, 0.29) is 23.3 Å². The molecule has 5 N–H and O–H groups in total. The lowest BCUT2D eigenvalue weighted by Crippen LogP contribution is -2.61. The molecular weight excluding hydrogens is 604 g/mol. The number of carbonyl (C=O) groups is 5. The van der Waals surface area contributed by atoms with E-state index in [9.17, 15) is 24.0 Å². The molecule has 1 heterocycles. The highest BCUT2D eigenvalue weighted by Crippen LogP contribution is 2.34. The summed E-state index contributed by atoms with van der Waals surface area (Å²) in [4.78, 5) is 65.6. The largest absolute Gasteiger partial charge is 0.363 e. The molecule has 4 atom stereocenters. The summed E-state index contributed by atoms with van der Waals surface area (Å²) >= 11 is 1.57. The van der Waals surface area contributed by atoms with Gasteiger partial charge in [-0.15, -0.1) is 0 Å². The van der Waals surface area contributed by atoms with Crippen LogP contribution in [0.4, 0.5) is 4.79 Å². The smallest absolute Gasteiger partial charge is 0.315 e. The lowest BCUT2D eigenvalue weighted by atomic mass is 9.85. The molecule has 12 heteroatoms. The Morgan fingerprint density at radius 1 is 0.935 bits per heavy atom. The summed E-state index contributed by atoms with van der Waals surface area (Å²) in [5.41, 5.74) is 4.35. The number of hydrogen-bond acceptors (Lipinski definition) is 7. The number of primary amides is 1. The topological polar surface area (TPSA) is 154 Å². The number of amides is 5. The molecule has 268 valence electrons. The van der Waals surface area contributed by atoms with Crippen LogP contribution in [0.1, 0.15) is 115 Å². The Kier molecular flexibility index (Phi) is 19.1. The van der Waals surface area contributed by atoms with Gasteiger partial charge in [0.1, 0.15) is 12.1 Å². The first-order valence-corrected chi connectivity index (χ1v) is 18.2. The number of nitrogens with two attached hydrogens (primary N) is 1. The normalized spacial score (nSPS) is 18.3. The van der Waals surface area contributed by atoms with Gasteiger partial charge in [-0.05, 0) is 55.2 Å². The standard InChI is InChI=1S/C27H48N6O5S.C5H12.C2H6/c1-26(2,3)19(15-32(7)39-8)30-25(38)31-21(27(4,5)6)24(37)33-13-9-10-18(33)23(36)29-17(14-16-11-12-16)20(34)22(28)35;1-4-5(2)3;1-2/h16-19,21H,9-15H2,1-8H3,(H2,28,35)(H,29,36)(H2,30,31,38);5H,4H2,1-3H3;1-2H3. The predicted molar refractivity (Wildman–Crippen MR) is 189 cm³/mol. The van der Waals surface area contributed by atoms with Crippen molar-refractivity contribution in [2.24, 2.45) is 28.4 Å². The van der Waals surface area contributed by atoms with Crippen LogP contribution in [0, 0.1) is 22.7 Å². The molecule has 5 amide bonds. The first kappa shape index (κ1) is 43.7. The van der Waals surface area contributed by atoms with Gasteiger partial charge in [0.05, 0.1) is 6.04 Å². The molecule has 0 aromatic rings. The molecule has 0 bridgehead atoms. The number of hydrogen-bond donors (Lipinski definition) is 4. The van der Waals surface area contributed by atoms with E-state index in [1.807, 2.05) is 73.0 Å². The second-order valence-electron chi connectivity index (χ2n) is 14.8. The van der Waals surface area contributed by atoms with Crippen LogP contribution in [0.15, 0.2) is 0 Å². The lowest BCUT2D eigenvalue weighted by molar-refractivity contribution is -0.143. The number of likely N-dealkylation sites (tertiary alicyclic amines) is 1. The van der Waals surface area contributed by atoms with Crippen molar-refractivity contribution in [3.05, 3.63) is 0 Å². The van der Waals surface area contributed by atoms with Crippen molar-refractivity contribution in [1.29, 1.82) is 0 Å². The van der Waals surface area contributed by atoms with Crippen LogP contribution < -0.4 is 21.7 Å². The minimum atomic E-state index is -1.08. The molecule has 11 nitrogen and oxygen atoms in total.